The Balaban J connectivity index is 2.90. The van der Waals surface area contributed by atoms with Gasteiger partial charge in [-0.2, -0.15) is 0 Å². The molecule has 1 saturated heterocycles. The van der Waals surface area contributed by atoms with E-state index in [9.17, 15) is 4.79 Å². The first-order chi connectivity index (χ1) is 14.6. The summed E-state index contributed by atoms with van der Waals surface area (Å²) in [6.07, 6.45) is 7.14. The number of carbonyl (C=O) groups excluding carboxylic acids is 1. The quantitative estimate of drug-likeness (QED) is 0.238. The lowest BCUT2D eigenvalue weighted by Gasteiger charge is -2.27. The molecular weight excluding hydrogens is 418 g/mol. The molecule has 0 bridgehead atoms. The molecule has 1 amide bonds. The van der Waals surface area contributed by atoms with Crippen LogP contribution >= 0.6 is 11.9 Å². The van der Waals surface area contributed by atoms with Gasteiger partial charge in [-0.05, 0) is 97.4 Å². The van der Waals surface area contributed by atoms with Gasteiger partial charge in [0, 0.05) is 17.8 Å². The lowest BCUT2D eigenvalue weighted by atomic mass is 9.85. The molecule has 1 aliphatic rings. The van der Waals surface area contributed by atoms with E-state index in [0.29, 0.717) is 5.92 Å². The van der Waals surface area contributed by atoms with Crippen LogP contribution < -0.4 is 4.72 Å². The summed E-state index contributed by atoms with van der Waals surface area (Å²) in [5, 5.41) is 0. The number of hydrogen-bond acceptors (Lipinski definition) is 5. The van der Waals surface area contributed by atoms with Crippen molar-refractivity contribution in [2.24, 2.45) is 16.3 Å². The SMILES string of the molecule is C=N/C(=C\C(=C/C)C(C)(C)C)C(CCC1CCN(C(=O)OC(C)(C)C)C1)NSC(C)(C)C. The van der Waals surface area contributed by atoms with Gasteiger partial charge in [-0.1, -0.05) is 38.8 Å². The molecule has 0 aromatic heterocycles. The standard InChI is InChI=1S/C26H47N3O2S/c1-12-20(24(2,3)4)17-22(27-11)21(28-32-26(8,9)10)14-13-19-15-16-29(18-19)23(30)31-25(5,6)7/h12,17,19,21,28H,11,13-16,18H2,1-10H3/b20-12+,22-17-. The summed E-state index contributed by atoms with van der Waals surface area (Å²) in [5.74, 6) is 0.473. The number of allylic oxidation sites excluding steroid dienone is 3. The smallest absolute Gasteiger partial charge is 0.410 e. The van der Waals surface area contributed by atoms with Crippen LogP contribution in [-0.2, 0) is 4.74 Å². The Hall–Kier alpha value is -1.27. The second-order valence-corrected chi connectivity index (χ2v) is 13.4. The summed E-state index contributed by atoms with van der Waals surface area (Å²) in [4.78, 5) is 18.7. The number of carbonyl (C=O) groups is 1. The first-order valence-corrected chi connectivity index (χ1v) is 12.6. The number of hydrogen-bond donors (Lipinski definition) is 1. The number of ether oxygens (including phenoxy) is 1. The highest BCUT2D eigenvalue weighted by molar-refractivity contribution is 7.98. The molecule has 2 atom stereocenters. The van der Waals surface area contributed by atoms with Crippen LogP contribution in [0.25, 0.3) is 0 Å². The Labute approximate surface area is 201 Å². The highest BCUT2D eigenvalue weighted by atomic mass is 32.2. The van der Waals surface area contributed by atoms with Gasteiger partial charge in [-0.15, -0.1) is 0 Å². The lowest BCUT2D eigenvalue weighted by Crippen LogP contribution is -2.35. The molecule has 0 radical (unpaired) electrons. The van der Waals surface area contributed by atoms with Crippen LogP contribution in [0.5, 0.6) is 0 Å². The second-order valence-electron chi connectivity index (χ2n) is 11.8. The summed E-state index contributed by atoms with van der Waals surface area (Å²) < 4.78 is 9.31. The minimum absolute atomic E-state index is 0.0474. The van der Waals surface area contributed by atoms with E-state index in [-0.39, 0.29) is 22.3 Å². The molecule has 1 aliphatic heterocycles. The Kier molecular flexibility index (Phi) is 10.5. The van der Waals surface area contributed by atoms with Crippen molar-refractivity contribution in [2.75, 3.05) is 13.1 Å². The molecule has 0 aromatic rings. The predicted molar refractivity (Wildman–Crippen MR) is 140 cm³/mol. The van der Waals surface area contributed by atoms with Crippen LogP contribution in [0.15, 0.2) is 28.4 Å². The fourth-order valence-corrected chi connectivity index (χ4v) is 4.36. The van der Waals surface area contributed by atoms with E-state index in [1.807, 2.05) is 25.7 Å². The van der Waals surface area contributed by atoms with E-state index >= 15 is 0 Å². The maximum Gasteiger partial charge on any atom is 0.410 e. The maximum atomic E-state index is 12.4. The van der Waals surface area contributed by atoms with Crippen LogP contribution in [0.2, 0.25) is 0 Å². The third kappa shape index (κ3) is 10.6. The second kappa shape index (κ2) is 11.7. The number of nitrogens with one attached hydrogen (secondary N) is 1. The third-order valence-corrected chi connectivity index (χ3v) is 6.34. The topological polar surface area (TPSA) is 53.9 Å². The molecule has 0 spiro atoms. The zero-order chi connectivity index (χ0) is 24.7. The summed E-state index contributed by atoms with van der Waals surface area (Å²) in [6.45, 7) is 26.5. The van der Waals surface area contributed by atoms with Crippen LogP contribution in [0.4, 0.5) is 4.79 Å². The summed E-state index contributed by atoms with van der Waals surface area (Å²) in [7, 11) is 0. The number of likely N-dealkylation sites (tertiary alicyclic amines) is 1. The third-order valence-electron chi connectivity index (χ3n) is 5.33. The fraction of sp³-hybridized carbons (Fsp3) is 0.769. The van der Waals surface area contributed by atoms with Crippen LogP contribution in [0.1, 0.15) is 88.5 Å². The van der Waals surface area contributed by atoms with Crippen molar-refractivity contribution in [3.8, 4) is 0 Å². The maximum absolute atomic E-state index is 12.4. The number of rotatable bonds is 8. The van der Waals surface area contributed by atoms with Crippen molar-refractivity contribution in [1.82, 2.24) is 9.62 Å². The highest BCUT2D eigenvalue weighted by Gasteiger charge is 2.30. The highest BCUT2D eigenvalue weighted by Crippen LogP contribution is 2.31. The van der Waals surface area contributed by atoms with Crippen LogP contribution in [-0.4, -0.2) is 47.2 Å². The normalized spacial score (nSPS) is 19.8. The van der Waals surface area contributed by atoms with Crippen molar-refractivity contribution in [3.05, 3.63) is 23.4 Å². The lowest BCUT2D eigenvalue weighted by molar-refractivity contribution is 0.0287. The molecule has 6 heteroatoms. The van der Waals surface area contributed by atoms with Gasteiger partial charge < -0.3 is 9.64 Å². The van der Waals surface area contributed by atoms with Gasteiger partial charge >= 0.3 is 6.09 Å². The van der Waals surface area contributed by atoms with Gasteiger partial charge in [0.05, 0.1) is 11.7 Å². The van der Waals surface area contributed by atoms with Crippen molar-refractivity contribution in [1.29, 1.82) is 0 Å². The zero-order valence-corrected chi connectivity index (χ0v) is 23.0. The van der Waals surface area contributed by atoms with E-state index in [1.165, 1.54) is 5.57 Å². The molecule has 1 heterocycles. The minimum Gasteiger partial charge on any atom is -0.444 e. The zero-order valence-electron chi connectivity index (χ0n) is 22.2. The van der Waals surface area contributed by atoms with E-state index in [1.54, 1.807) is 11.9 Å². The van der Waals surface area contributed by atoms with E-state index in [4.69, 9.17) is 4.74 Å². The first-order valence-electron chi connectivity index (χ1n) is 11.8. The van der Waals surface area contributed by atoms with Gasteiger partial charge in [-0.25, -0.2) is 4.79 Å². The van der Waals surface area contributed by atoms with Gasteiger partial charge in [0.1, 0.15) is 5.60 Å². The van der Waals surface area contributed by atoms with Crippen molar-refractivity contribution < 1.29 is 9.53 Å². The number of amides is 1. The molecular formula is C26H47N3O2S. The van der Waals surface area contributed by atoms with E-state index in [2.05, 4.69) is 77.1 Å². The molecule has 2 unspecified atom stereocenters. The molecule has 1 fully saturated rings. The molecule has 0 aliphatic carbocycles. The Morgan fingerprint density at radius 2 is 1.84 bits per heavy atom. The molecule has 5 nitrogen and oxygen atoms in total. The molecule has 32 heavy (non-hydrogen) atoms. The molecule has 0 saturated carbocycles. The molecule has 1 N–H and O–H groups in total. The monoisotopic (exact) mass is 465 g/mol. The molecule has 1 rings (SSSR count). The average molecular weight is 466 g/mol. The Morgan fingerprint density at radius 3 is 2.31 bits per heavy atom. The first kappa shape index (κ1) is 28.8. The van der Waals surface area contributed by atoms with E-state index in [0.717, 1.165) is 38.0 Å². The van der Waals surface area contributed by atoms with Crippen molar-refractivity contribution in [2.45, 2.75) is 105 Å². The van der Waals surface area contributed by atoms with Gasteiger partial charge in [0.2, 0.25) is 0 Å². The molecule has 184 valence electrons. The number of nitrogens with zero attached hydrogens (tertiary/aromatic N) is 2. The minimum atomic E-state index is -0.457. The van der Waals surface area contributed by atoms with Gasteiger partial charge in [-0.3, -0.25) is 9.71 Å². The summed E-state index contributed by atoms with van der Waals surface area (Å²) in [5.41, 5.74) is 1.82. The van der Waals surface area contributed by atoms with Crippen LogP contribution in [0.3, 0.4) is 0 Å². The van der Waals surface area contributed by atoms with Crippen molar-refractivity contribution >= 4 is 24.8 Å². The number of aliphatic imine (C=N–C) groups is 1. The van der Waals surface area contributed by atoms with Crippen molar-refractivity contribution in [3.63, 3.8) is 0 Å². The van der Waals surface area contributed by atoms with Gasteiger partial charge in [0.15, 0.2) is 0 Å². The average Bonchev–Trinajstić information content (AvgIpc) is 3.09. The summed E-state index contributed by atoms with van der Waals surface area (Å²) >= 11 is 1.74. The predicted octanol–water partition coefficient (Wildman–Crippen LogP) is 7.01. The summed E-state index contributed by atoms with van der Waals surface area (Å²) in [6, 6.07) is 0.101. The Morgan fingerprint density at radius 1 is 1.22 bits per heavy atom. The van der Waals surface area contributed by atoms with E-state index < -0.39 is 5.60 Å². The van der Waals surface area contributed by atoms with Gasteiger partial charge in [0.25, 0.3) is 0 Å². The largest absolute Gasteiger partial charge is 0.444 e. The van der Waals surface area contributed by atoms with Crippen LogP contribution in [0, 0.1) is 11.3 Å². The molecule has 0 aromatic carbocycles. The fourth-order valence-electron chi connectivity index (χ4n) is 3.63. The Bertz CT molecular complexity index is 693.